The third-order valence-corrected chi connectivity index (χ3v) is 1.42. The lowest BCUT2D eigenvalue weighted by atomic mass is 10.2. The van der Waals surface area contributed by atoms with Gasteiger partial charge in [-0.05, 0) is 25.5 Å². The normalized spacial score (nSPS) is 13.5. The minimum atomic E-state index is 0.958. The van der Waals surface area contributed by atoms with E-state index in [1.807, 2.05) is 6.08 Å². The maximum atomic E-state index is 4.02. The maximum absolute atomic E-state index is 4.02. The van der Waals surface area contributed by atoms with Gasteiger partial charge in [0.25, 0.3) is 0 Å². The predicted octanol–water partition coefficient (Wildman–Crippen LogP) is 2.60. The highest BCUT2D eigenvalue weighted by Gasteiger charge is 1.86. The Balaban J connectivity index is 4.22. The first-order valence-electron chi connectivity index (χ1n) is 3.51. The van der Waals surface area contributed by atoms with Gasteiger partial charge in [-0.3, -0.25) is 4.99 Å². The molecule has 56 valence electrons. The van der Waals surface area contributed by atoms with E-state index in [4.69, 9.17) is 0 Å². The van der Waals surface area contributed by atoms with Crippen LogP contribution in [-0.2, 0) is 0 Å². The van der Waals surface area contributed by atoms with E-state index in [0.29, 0.717) is 0 Å². The summed E-state index contributed by atoms with van der Waals surface area (Å²) in [5.74, 6) is 0. The summed E-state index contributed by atoms with van der Waals surface area (Å²) in [6, 6.07) is 0. The Morgan fingerprint density at radius 3 is 2.50 bits per heavy atom. The van der Waals surface area contributed by atoms with Gasteiger partial charge in [0.2, 0.25) is 0 Å². The van der Waals surface area contributed by atoms with Crippen LogP contribution in [0.2, 0.25) is 0 Å². The molecule has 0 bridgehead atoms. The van der Waals surface area contributed by atoms with Gasteiger partial charge in [0.05, 0.1) is 5.71 Å². The van der Waals surface area contributed by atoms with Gasteiger partial charge in [-0.15, -0.1) is 0 Å². The number of allylic oxidation sites excluding steroid dienone is 3. The standard InChI is InChI=1S/C9H15N/c1-5-8(3)7-9(6-2)10-4/h6-7H,2,5H2,1,3-4H3/b8-7+,10-9-. The molecule has 0 aliphatic carbocycles. The zero-order valence-corrected chi connectivity index (χ0v) is 7.02. The van der Waals surface area contributed by atoms with Gasteiger partial charge in [0, 0.05) is 7.05 Å². The second-order valence-corrected chi connectivity index (χ2v) is 2.20. The van der Waals surface area contributed by atoms with Crippen molar-refractivity contribution in [2.24, 2.45) is 4.99 Å². The molecule has 0 saturated carbocycles. The first-order valence-corrected chi connectivity index (χ1v) is 3.51. The van der Waals surface area contributed by atoms with E-state index < -0.39 is 0 Å². The van der Waals surface area contributed by atoms with Gasteiger partial charge >= 0.3 is 0 Å². The predicted molar refractivity (Wildman–Crippen MR) is 47.6 cm³/mol. The maximum Gasteiger partial charge on any atom is 0.0564 e. The van der Waals surface area contributed by atoms with Crippen molar-refractivity contribution in [3.05, 3.63) is 24.3 Å². The Bertz CT molecular complexity index is 164. The summed E-state index contributed by atoms with van der Waals surface area (Å²) >= 11 is 0. The molecule has 0 unspecified atom stereocenters. The van der Waals surface area contributed by atoms with E-state index in [1.54, 1.807) is 13.1 Å². The van der Waals surface area contributed by atoms with Crippen LogP contribution >= 0.6 is 0 Å². The fraction of sp³-hybridized carbons (Fsp3) is 0.444. The summed E-state index contributed by atoms with van der Waals surface area (Å²) in [6.07, 6.45) is 4.89. The van der Waals surface area contributed by atoms with E-state index in [9.17, 15) is 0 Å². The number of hydrogen-bond donors (Lipinski definition) is 0. The Morgan fingerprint density at radius 1 is 1.60 bits per heavy atom. The van der Waals surface area contributed by atoms with Crippen molar-refractivity contribution in [1.29, 1.82) is 0 Å². The summed E-state index contributed by atoms with van der Waals surface area (Å²) in [5, 5.41) is 0. The van der Waals surface area contributed by atoms with Gasteiger partial charge in [0.15, 0.2) is 0 Å². The van der Waals surface area contributed by atoms with Crippen molar-refractivity contribution in [1.82, 2.24) is 0 Å². The Morgan fingerprint density at radius 2 is 2.20 bits per heavy atom. The summed E-state index contributed by atoms with van der Waals surface area (Å²) in [7, 11) is 1.77. The molecule has 0 N–H and O–H groups in total. The van der Waals surface area contributed by atoms with E-state index in [1.165, 1.54) is 5.57 Å². The number of rotatable bonds is 3. The van der Waals surface area contributed by atoms with Gasteiger partial charge in [0.1, 0.15) is 0 Å². The number of hydrogen-bond acceptors (Lipinski definition) is 1. The molecule has 0 fully saturated rings. The molecule has 0 aliphatic rings. The number of nitrogens with zero attached hydrogens (tertiary/aromatic N) is 1. The van der Waals surface area contributed by atoms with Crippen molar-refractivity contribution < 1.29 is 0 Å². The topological polar surface area (TPSA) is 12.4 Å². The molecule has 0 spiro atoms. The van der Waals surface area contributed by atoms with E-state index >= 15 is 0 Å². The molecule has 0 aliphatic heterocycles. The summed E-state index contributed by atoms with van der Waals surface area (Å²) < 4.78 is 0. The molecule has 0 aromatic carbocycles. The molecule has 10 heavy (non-hydrogen) atoms. The summed E-state index contributed by atoms with van der Waals surface area (Å²) in [4.78, 5) is 4.02. The first kappa shape index (κ1) is 9.15. The van der Waals surface area contributed by atoms with Crippen LogP contribution in [-0.4, -0.2) is 12.8 Å². The molecule has 0 atom stereocenters. The second kappa shape index (κ2) is 4.98. The van der Waals surface area contributed by atoms with E-state index in [2.05, 4.69) is 25.4 Å². The molecule has 1 heteroatoms. The lowest BCUT2D eigenvalue weighted by molar-refractivity contribution is 1.10. The van der Waals surface area contributed by atoms with Gasteiger partial charge < -0.3 is 0 Å². The zero-order chi connectivity index (χ0) is 7.98. The van der Waals surface area contributed by atoms with Crippen LogP contribution in [0, 0.1) is 0 Å². The van der Waals surface area contributed by atoms with Crippen molar-refractivity contribution in [2.75, 3.05) is 7.05 Å². The largest absolute Gasteiger partial charge is 0.289 e. The highest BCUT2D eigenvalue weighted by atomic mass is 14.7. The first-order chi connectivity index (χ1) is 4.74. The molecule has 0 aromatic rings. The van der Waals surface area contributed by atoms with E-state index in [0.717, 1.165) is 12.1 Å². The molecular formula is C9H15N. The van der Waals surface area contributed by atoms with Crippen LogP contribution in [0.15, 0.2) is 29.3 Å². The third kappa shape index (κ3) is 3.23. The van der Waals surface area contributed by atoms with Crippen LogP contribution in [0.4, 0.5) is 0 Å². The molecule has 0 aromatic heterocycles. The second-order valence-electron chi connectivity index (χ2n) is 2.20. The molecule has 0 amide bonds. The van der Waals surface area contributed by atoms with Crippen molar-refractivity contribution in [3.63, 3.8) is 0 Å². The Labute approximate surface area is 63.2 Å². The van der Waals surface area contributed by atoms with Crippen LogP contribution < -0.4 is 0 Å². The van der Waals surface area contributed by atoms with Gasteiger partial charge in [-0.2, -0.15) is 0 Å². The summed E-state index contributed by atoms with van der Waals surface area (Å²) in [6.45, 7) is 7.86. The lowest BCUT2D eigenvalue weighted by Crippen LogP contribution is -1.87. The Hall–Kier alpha value is -0.850. The van der Waals surface area contributed by atoms with Gasteiger partial charge in [-0.1, -0.05) is 19.1 Å². The molecular weight excluding hydrogens is 122 g/mol. The van der Waals surface area contributed by atoms with Crippen LogP contribution in [0.25, 0.3) is 0 Å². The highest BCUT2D eigenvalue weighted by molar-refractivity contribution is 6.03. The van der Waals surface area contributed by atoms with Crippen LogP contribution in [0.1, 0.15) is 20.3 Å². The molecule has 0 saturated heterocycles. The Kier molecular flexibility index (Phi) is 4.55. The number of aliphatic imine (C=N–C) groups is 1. The third-order valence-electron chi connectivity index (χ3n) is 1.42. The fourth-order valence-electron chi connectivity index (χ4n) is 0.569. The average Bonchev–Trinajstić information content (AvgIpc) is 1.99. The zero-order valence-electron chi connectivity index (χ0n) is 7.02. The molecule has 1 nitrogen and oxygen atoms in total. The minimum absolute atomic E-state index is 0.958. The minimum Gasteiger partial charge on any atom is -0.289 e. The smallest absolute Gasteiger partial charge is 0.0564 e. The van der Waals surface area contributed by atoms with Gasteiger partial charge in [-0.25, -0.2) is 0 Å². The van der Waals surface area contributed by atoms with Crippen LogP contribution in [0.5, 0.6) is 0 Å². The van der Waals surface area contributed by atoms with Crippen molar-refractivity contribution in [2.45, 2.75) is 20.3 Å². The monoisotopic (exact) mass is 137 g/mol. The molecule has 0 rings (SSSR count). The van der Waals surface area contributed by atoms with Crippen LogP contribution in [0.3, 0.4) is 0 Å². The lowest BCUT2D eigenvalue weighted by Gasteiger charge is -1.93. The van der Waals surface area contributed by atoms with Crippen molar-refractivity contribution >= 4 is 5.71 Å². The fourth-order valence-corrected chi connectivity index (χ4v) is 0.569. The van der Waals surface area contributed by atoms with E-state index in [-0.39, 0.29) is 0 Å². The summed E-state index contributed by atoms with van der Waals surface area (Å²) in [5.41, 5.74) is 2.29. The quantitative estimate of drug-likeness (QED) is 0.530. The average molecular weight is 137 g/mol. The highest BCUT2D eigenvalue weighted by Crippen LogP contribution is 1.98. The van der Waals surface area contributed by atoms with Crippen molar-refractivity contribution in [3.8, 4) is 0 Å². The molecule has 0 heterocycles. The SMILES string of the molecule is C=CC(/C=C(\C)CC)=N/C. The molecule has 0 radical (unpaired) electrons.